The van der Waals surface area contributed by atoms with Crippen LogP contribution in [0.25, 0.3) is 0 Å². The topological polar surface area (TPSA) is 142 Å². The number of hydrogen-bond donors (Lipinski definition) is 5. The number of hydrogen-bond acceptors (Lipinski definition) is 6. The molecule has 7 heteroatoms. The van der Waals surface area contributed by atoms with Crippen LogP contribution in [0.3, 0.4) is 0 Å². The van der Waals surface area contributed by atoms with Gasteiger partial charge in [-0.05, 0) is 0 Å². The molecule has 1 saturated heterocycles. The molecule has 0 aliphatic carbocycles. The molecule has 5 atom stereocenters. The quantitative estimate of drug-likeness (QED) is 0.290. The van der Waals surface area contributed by atoms with E-state index in [-0.39, 0.29) is 5.48 Å². The second kappa shape index (κ2) is 4.82. The van der Waals surface area contributed by atoms with Gasteiger partial charge in [0.25, 0.3) is 0 Å². The first-order valence-electron chi connectivity index (χ1n) is 3.56. The summed E-state index contributed by atoms with van der Waals surface area (Å²) in [6.07, 6.45) is -7.04. The summed E-state index contributed by atoms with van der Waals surface area (Å²) in [5, 5.41) is 44.7. The van der Waals surface area contributed by atoms with Crippen molar-refractivity contribution in [3.63, 3.8) is 0 Å². The van der Waals surface area contributed by atoms with Gasteiger partial charge < -0.3 is 35.7 Å². The van der Waals surface area contributed by atoms with Gasteiger partial charge in [-0.25, -0.2) is 0 Å². The molecule has 0 aromatic carbocycles. The van der Waals surface area contributed by atoms with Crippen molar-refractivity contribution in [1.82, 2.24) is 0 Å². The molecular weight excluding hydrogens is 184 g/mol. The lowest BCUT2D eigenvalue weighted by Crippen LogP contribution is -2.58. The predicted molar refractivity (Wildman–Crippen MR) is 39.6 cm³/mol. The third kappa shape index (κ3) is 2.35. The summed E-state index contributed by atoms with van der Waals surface area (Å²) in [6.45, 7) is -0.526. The second-order valence-electron chi connectivity index (χ2n) is 2.72. The fourth-order valence-corrected chi connectivity index (χ4v) is 1.08. The van der Waals surface area contributed by atoms with Gasteiger partial charge in [0, 0.05) is 0 Å². The van der Waals surface area contributed by atoms with E-state index in [0.29, 0.717) is 0 Å². The maximum absolute atomic E-state index is 9.12. The van der Waals surface area contributed by atoms with Crippen LogP contribution in [0.5, 0.6) is 0 Å². The molecule has 0 amide bonds. The standard InChI is InChI=1S/C6H12O6.H2O/c7-1-2-3(8)4(9)5(10)6(11)12-2;/h2-11H,1H2;1H2/t2-,3-,4+,5-,6?;/m0./s1. The maximum atomic E-state index is 9.12. The average Bonchev–Trinajstić information content (AvgIpc) is 2.08. The molecule has 7 N–H and O–H groups in total. The lowest BCUT2D eigenvalue weighted by atomic mass is 10.00. The fourth-order valence-electron chi connectivity index (χ4n) is 1.08. The summed E-state index contributed by atoms with van der Waals surface area (Å²) >= 11 is 0. The van der Waals surface area contributed by atoms with Gasteiger partial charge in [0.15, 0.2) is 6.29 Å². The molecule has 0 spiro atoms. The minimum atomic E-state index is -1.57. The molecule has 13 heavy (non-hydrogen) atoms. The Morgan fingerprint density at radius 1 is 0.923 bits per heavy atom. The Morgan fingerprint density at radius 3 is 1.92 bits per heavy atom. The lowest BCUT2D eigenvalue weighted by molar-refractivity contribution is -0.286. The highest BCUT2D eigenvalue weighted by Gasteiger charge is 2.42. The monoisotopic (exact) mass is 198 g/mol. The van der Waals surface area contributed by atoms with Crippen LogP contribution >= 0.6 is 0 Å². The minimum absolute atomic E-state index is 0. The number of aliphatic hydroxyl groups is 5. The van der Waals surface area contributed by atoms with Gasteiger partial charge in [-0.1, -0.05) is 0 Å². The van der Waals surface area contributed by atoms with E-state index >= 15 is 0 Å². The van der Waals surface area contributed by atoms with Gasteiger partial charge in [0.05, 0.1) is 6.61 Å². The molecule has 0 bridgehead atoms. The highest BCUT2D eigenvalue weighted by molar-refractivity contribution is 4.87. The number of rotatable bonds is 1. The summed E-state index contributed by atoms with van der Waals surface area (Å²) in [5.41, 5.74) is 0. The first-order chi connectivity index (χ1) is 5.57. The van der Waals surface area contributed by atoms with Gasteiger partial charge in [0.1, 0.15) is 24.4 Å². The van der Waals surface area contributed by atoms with E-state index in [1.54, 1.807) is 0 Å². The number of aliphatic hydroxyl groups excluding tert-OH is 5. The molecule has 0 aromatic rings. The minimum Gasteiger partial charge on any atom is -0.412 e. The molecule has 0 aromatic heterocycles. The molecule has 1 fully saturated rings. The summed E-state index contributed by atoms with van der Waals surface area (Å²) in [4.78, 5) is 0. The molecule has 1 unspecified atom stereocenters. The fraction of sp³-hybridized carbons (Fsp3) is 1.00. The largest absolute Gasteiger partial charge is 0.412 e. The van der Waals surface area contributed by atoms with E-state index in [0.717, 1.165) is 0 Å². The highest BCUT2D eigenvalue weighted by Crippen LogP contribution is 2.18. The van der Waals surface area contributed by atoms with E-state index in [9.17, 15) is 0 Å². The molecule has 80 valence electrons. The molecule has 1 aliphatic heterocycles. The van der Waals surface area contributed by atoms with E-state index in [2.05, 4.69) is 4.74 Å². The second-order valence-corrected chi connectivity index (χ2v) is 2.72. The Balaban J connectivity index is 0.00000144. The first kappa shape index (κ1) is 12.7. The smallest absolute Gasteiger partial charge is 0.184 e. The Hall–Kier alpha value is -0.280. The van der Waals surface area contributed by atoms with Crippen molar-refractivity contribution >= 4 is 0 Å². The van der Waals surface area contributed by atoms with Crippen molar-refractivity contribution in [2.24, 2.45) is 0 Å². The summed E-state index contributed by atoms with van der Waals surface area (Å²) in [5.74, 6) is 0. The molecule has 1 rings (SSSR count). The summed E-state index contributed by atoms with van der Waals surface area (Å²) in [6, 6.07) is 0. The van der Waals surface area contributed by atoms with Crippen molar-refractivity contribution in [3.05, 3.63) is 0 Å². The van der Waals surface area contributed by atoms with Crippen LogP contribution in [0.4, 0.5) is 0 Å². The van der Waals surface area contributed by atoms with Crippen LogP contribution in [0.2, 0.25) is 0 Å². The van der Waals surface area contributed by atoms with Crippen LogP contribution < -0.4 is 0 Å². The van der Waals surface area contributed by atoms with Gasteiger partial charge in [0.2, 0.25) is 0 Å². The normalized spacial score (nSPS) is 45.5. The molecule has 0 saturated carbocycles. The van der Waals surface area contributed by atoms with Crippen molar-refractivity contribution in [2.75, 3.05) is 6.61 Å². The van der Waals surface area contributed by atoms with Gasteiger partial charge in [-0.2, -0.15) is 0 Å². The zero-order valence-electron chi connectivity index (χ0n) is 6.74. The SMILES string of the molecule is O.OC[C@@H]1OC(O)[C@@H](O)[C@H](O)[C@H]1O. The van der Waals surface area contributed by atoms with Gasteiger partial charge >= 0.3 is 0 Å². The maximum Gasteiger partial charge on any atom is 0.184 e. The van der Waals surface area contributed by atoms with Crippen LogP contribution in [-0.4, -0.2) is 68.3 Å². The Bertz CT molecular complexity index is 147. The zero-order chi connectivity index (χ0) is 9.30. The summed E-state index contributed by atoms with van der Waals surface area (Å²) < 4.78 is 4.58. The Morgan fingerprint density at radius 2 is 1.46 bits per heavy atom. The molecule has 1 aliphatic rings. The van der Waals surface area contributed by atoms with E-state index in [1.165, 1.54) is 0 Å². The Labute approximate surface area is 74.1 Å². The van der Waals surface area contributed by atoms with Crippen LogP contribution in [0.1, 0.15) is 0 Å². The first-order valence-corrected chi connectivity index (χ1v) is 3.56. The Kier molecular flexibility index (Phi) is 4.71. The zero-order valence-corrected chi connectivity index (χ0v) is 6.74. The third-order valence-corrected chi connectivity index (χ3v) is 1.87. The molecule has 0 radical (unpaired) electrons. The molecular formula is C6H14O7. The van der Waals surface area contributed by atoms with Crippen molar-refractivity contribution < 1.29 is 35.7 Å². The van der Waals surface area contributed by atoms with E-state index in [4.69, 9.17) is 25.5 Å². The van der Waals surface area contributed by atoms with Crippen molar-refractivity contribution in [2.45, 2.75) is 30.7 Å². The van der Waals surface area contributed by atoms with Gasteiger partial charge in [-0.3, -0.25) is 0 Å². The van der Waals surface area contributed by atoms with E-state index < -0.39 is 37.3 Å². The van der Waals surface area contributed by atoms with Crippen LogP contribution in [0.15, 0.2) is 0 Å². The lowest BCUT2D eigenvalue weighted by Gasteiger charge is -2.37. The predicted octanol–water partition coefficient (Wildman–Crippen LogP) is -4.05. The molecule has 1 heterocycles. The average molecular weight is 198 g/mol. The molecule has 7 nitrogen and oxygen atoms in total. The highest BCUT2D eigenvalue weighted by atomic mass is 16.6. The van der Waals surface area contributed by atoms with Crippen LogP contribution in [-0.2, 0) is 4.74 Å². The van der Waals surface area contributed by atoms with E-state index in [1.807, 2.05) is 0 Å². The van der Waals surface area contributed by atoms with Crippen molar-refractivity contribution in [3.8, 4) is 0 Å². The third-order valence-electron chi connectivity index (χ3n) is 1.87. The van der Waals surface area contributed by atoms with Crippen LogP contribution in [0, 0.1) is 0 Å². The van der Waals surface area contributed by atoms with Crippen molar-refractivity contribution in [1.29, 1.82) is 0 Å². The number of ether oxygens (including phenoxy) is 1. The van der Waals surface area contributed by atoms with Gasteiger partial charge in [-0.15, -0.1) is 0 Å². The summed E-state index contributed by atoms with van der Waals surface area (Å²) in [7, 11) is 0.